The van der Waals surface area contributed by atoms with Crippen molar-refractivity contribution < 1.29 is 4.79 Å². The predicted octanol–water partition coefficient (Wildman–Crippen LogP) is 3.37. The average molecular weight is 374 g/mol. The van der Waals surface area contributed by atoms with Crippen molar-refractivity contribution in [3.8, 4) is 11.4 Å². The molecule has 7 heteroatoms. The number of hydrogen-bond acceptors (Lipinski definition) is 4. The minimum Gasteiger partial charge on any atom is -0.361 e. The Bertz CT molecular complexity index is 1110. The van der Waals surface area contributed by atoms with Crippen LogP contribution in [-0.2, 0) is 6.42 Å². The molecule has 28 heavy (non-hydrogen) atoms. The normalized spacial score (nSPS) is 11.2. The Kier molecular flexibility index (Phi) is 4.89. The SMILES string of the molecule is CC(C)n1nnnc1-c1cccc(C(=O)NCCc2c[nH]c3ccccc23)c1. The smallest absolute Gasteiger partial charge is 0.251 e. The summed E-state index contributed by atoms with van der Waals surface area (Å²) in [6, 6.07) is 15.7. The summed E-state index contributed by atoms with van der Waals surface area (Å²) in [4.78, 5) is 15.9. The molecule has 0 unspecified atom stereocenters. The number of para-hydroxylation sites is 1. The van der Waals surface area contributed by atoms with Gasteiger partial charge in [0.2, 0.25) is 0 Å². The van der Waals surface area contributed by atoms with Gasteiger partial charge in [-0.25, -0.2) is 4.68 Å². The Morgan fingerprint density at radius 2 is 2.04 bits per heavy atom. The van der Waals surface area contributed by atoms with Crippen molar-refractivity contribution in [1.29, 1.82) is 0 Å². The van der Waals surface area contributed by atoms with Gasteiger partial charge >= 0.3 is 0 Å². The predicted molar refractivity (Wildman–Crippen MR) is 108 cm³/mol. The van der Waals surface area contributed by atoms with Gasteiger partial charge in [-0.05, 0) is 54.5 Å². The van der Waals surface area contributed by atoms with Crippen LogP contribution in [0.3, 0.4) is 0 Å². The highest BCUT2D eigenvalue weighted by Crippen LogP contribution is 2.20. The van der Waals surface area contributed by atoms with E-state index in [0.29, 0.717) is 17.9 Å². The third kappa shape index (κ3) is 3.51. The molecular formula is C21H22N6O. The number of amides is 1. The standard InChI is InChI=1S/C21H22N6O/c1-14(2)27-20(24-25-26-27)15-6-5-7-16(12-15)21(28)22-11-10-17-13-23-19-9-4-3-8-18(17)19/h3-9,12-14,23H,10-11H2,1-2H3,(H,22,28). The second-order valence-corrected chi connectivity index (χ2v) is 6.99. The molecule has 0 spiro atoms. The van der Waals surface area contributed by atoms with Gasteiger partial charge in [-0.15, -0.1) is 5.10 Å². The highest BCUT2D eigenvalue weighted by molar-refractivity contribution is 5.95. The second kappa shape index (κ2) is 7.64. The molecule has 4 rings (SSSR count). The van der Waals surface area contributed by atoms with Gasteiger partial charge in [-0.3, -0.25) is 4.79 Å². The van der Waals surface area contributed by atoms with E-state index in [-0.39, 0.29) is 11.9 Å². The summed E-state index contributed by atoms with van der Waals surface area (Å²) >= 11 is 0. The number of benzene rings is 2. The molecular weight excluding hydrogens is 352 g/mol. The van der Waals surface area contributed by atoms with E-state index in [1.165, 1.54) is 10.9 Å². The number of nitrogens with one attached hydrogen (secondary N) is 2. The minimum atomic E-state index is -0.106. The van der Waals surface area contributed by atoms with Gasteiger partial charge in [0.15, 0.2) is 5.82 Å². The van der Waals surface area contributed by atoms with Gasteiger partial charge < -0.3 is 10.3 Å². The van der Waals surface area contributed by atoms with E-state index in [4.69, 9.17) is 0 Å². The zero-order valence-electron chi connectivity index (χ0n) is 15.9. The summed E-state index contributed by atoms with van der Waals surface area (Å²) in [6.45, 7) is 4.59. The largest absolute Gasteiger partial charge is 0.361 e. The first kappa shape index (κ1) is 17.9. The lowest BCUT2D eigenvalue weighted by Gasteiger charge is -2.09. The molecule has 0 saturated carbocycles. The molecule has 2 heterocycles. The fraction of sp³-hybridized carbons (Fsp3) is 0.238. The molecule has 2 aromatic carbocycles. The summed E-state index contributed by atoms with van der Waals surface area (Å²) < 4.78 is 1.74. The molecule has 7 nitrogen and oxygen atoms in total. The minimum absolute atomic E-state index is 0.106. The lowest BCUT2D eigenvalue weighted by Crippen LogP contribution is -2.25. The number of rotatable bonds is 6. The van der Waals surface area contributed by atoms with Crippen LogP contribution < -0.4 is 5.32 Å². The maximum absolute atomic E-state index is 12.6. The number of H-pyrrole nitrogens is 1. The Balaban J connectivity index is 1.44. The molecule has 4 aromatic rings. The lowest BCUT2D eigenvalue weighted by atomic mass is 10.1. The molecule has 0 bridgehead atoms. The van der Waals surface area contributed by atoms with Crippen molar-refractivity contribution in [2.24, 2.45) is 0 Å². The number of tetrazole rings is 1. The first-order valence-corrected chi connectivity index (χ1v) is 9.35. The van der Waals surface area contributed by atoms with Gasteiger partial charge in [0.1, 0.15) is 0 Å². The van der Waals surface area contributed by atoms with Crippen molar-refractivity contribution in [2.75, 3.05) is 6.54 Å². The zero-order valence-corrected chi connectivity index (χ0v) is 15.9. The molecule has 0 aliphatic heterocycles. The molecule has 1 amide bonds. The Hall–Kier alpha value is -3.48. The third-order valence-corrected chi connectivity index (χ3v) is 4.72. The van der Waals surface area contributed by atoms with Crippen molar-refractivity contribution in [1.82, 2.24) is 30.5 Å². The number of carbonyl (C=O) groups is 1. The lowest BCUT2D eigenvalue weighted by molar-refractivity contribution is 0.0954. The number of aromatic nitrogens is 5. The van der Waals surface area contributed by atoms with Crippen LogP contribution in [-0.4, -0.2) is 37.6 Å². The first-order valence-electron chi connectivity index (χ1n) is 9.35. The first-order chi connectivity index (χ1) is 13.6. The van der Waals surface area contributed by atoms with E-state index in [1.54, 1.807) is 10.7 Å². The number of aromatic amines is 1. The van der Waals surface area contributed by atoms with E-state index in [9.17, 15) is 4.79 Å². The number of nitrogens with zero attached hydrogens (tertiary/aromatic N) is 4. The zero-order chi connectivity index (χ0) is 19.5. The van der Waals surface area contributed by atoms with Crippen LogP contribution in [0.15, 0.2) is 54.7 Å². The number of carbonyl (C=O) groups excluding carboxylic acids is 1. The molecule has 0 aliphatic carbocycles. The topological polar surface area (TPSA) is 88.5 Å². The second-order valence-electron chi connectivity index (χ2n) is 6.99. The highest BCUT2D eigenvalue weighted by Gasteiger charge is 2.14. The van der Waals surface area contributed by atoms with Crippen molar-refractivity contribution in [3.05, 3.63) is 65.9 Å². The summed E-state index contributed by atoms with van der Waals surface area (Å²) in [5, 5.41) is 16.1. The van der Waals surface area contributed by atoms with Crippen molar-refractivity contribution in [2.45, 2.75) is 26.3 Å². The third-order valence-electron chi connectivity index (χ3n) is 4.72. The van der Waals surface area contributed by atoms with Crippen LogP contribution in [0.5, 0.6) is 0 Å². The van der Waals surface area contributed by atoms with Gasteiger partial charge in [-0.1, -0.05) is 30.3 Å². The van der Waals surface area contributed by atoms with Crippen LogP contribution in [0.1, 0.15) is 35.8 Å². The van der Waals surface area contributed by atoms with E-state index in [0.717, 1.165) is 17.5 Å². The van der Waals surface area contributed by atoms with Crippen LogP contribution in [0.2, 0.25) is 0 Å². The van der Waals surface area contributed by atoms with Crippen LogP contribution in [0, 0.1) is 0 Å². The fourth-order valence-corrected chi connectivity index (χ4v) is 3.28. The fourth-order valence-electron chi connectivity index (χ4n) is 3.28. The molecule has 0 aliphatic rings. The van der Waals surface area contributed by atoms with E-state index in [1.807, 2.05) is 56.4 Å². The molecule has 2 aromatic heterocycles. The molecule has 0 saturated heterocycles. The van der Waals surface area contributed by atoms with Gasteiger partial charge in [0.05, 0.1) is 6.04 Å². The Morgan fingerprint density at radius 3 is 2.89 bits per heavy atom. The van der Waals surface area contributed by atoms with Gasteiger partial charge in [0.25, 0.3) is 5.91 Å². The van der Waals surface area contributed by atoms with Crippen molar-refractivity contribution in [3.63, 3.8) is 0 Å². The Morgan fingerprint density at radius 1 is 1.18 bits per heavy atom. The molecule has 0 atom stereocenters. The summed E-state index contributed by atoms with van der Waals surface area (Å²) in [6.07, 6.45) is 2.77. The molecule has 2 N–H and O–H groups in total. The average Bonchev–Trinajstić information content (AvgIpc) is 3.36. The maximum Gasteiger partial charge on any atom is 0.251 e. The van der Waals surface area contributed by atoms with Crippen LogP contribution in [0.4, 0.5) is 0 Å². The maximum atomic E-state index is 12.6. The Labute approximate surface area is 162 Å². The summed E-state index contributed by atoms with van der Waals surface area (Å²) in [5.41, 5.74) is 3.72. The quantitative estimate of drug-likeness (QED) is 0.541. The number of hydrogen-bond donors (Lipinski definition) is 2. The highest BCUT2D eigenvalue weighted by atomic mass is 16.1. The summed E-state index contributed by atoms with van der Waals surface area (Å²) in [7, 11) is 0. The van der Waals surface area contributed by atoms with E-state index in [2.05, 4.69) is 31.9 Å². The van der Waals surface area contributed by atoms with Crippen molar-refractivity contribution >= 4 is 16.8 Å². The van der Waals surface area contributed by atoms with E-state index < -0.39 is 0 Å². The van der Waals surface area contributed by atoms with Gasteiger partial charge in [0, 0.05) is 34.8 Å². The molecule has 142 valence electrons. The van der Waals surface area contributed by atoms with E-state index >= 15 is 0 Å². The molecule has 0 radical (unpaired) electrons. The van der Waals surface area contributed by atoms with Crippen LogP contribution >= 0.6 is 0 Å². The monoisotopic (exact) mass is 374 g/mol. The van der Waals surface area contributed by atoms with Crippen LogP contribution in [0.25, 0.3) is 22.3 Å². The summed E-state index contributed by atoms with van der Waals surface area (Å²) in [5.74, 6) is 0.550. The molecule has 0 fully saturated rings. The van der Waals surface area contributed by atoms with Gasteiger partial charge in [-0.2, -0.15) is 0 Å². The number of fused-ring (bicyclic) bond motifs is 1.